The Morgan fingerprint density at radius 1 is 0.926 bits per heavy atom. The number of halogens is 1. The Morgan fingerprint density at radius 3 is 2.19 bits per heavy atom. The van der Waals surface area contributed by atoms with Gasteiger partial charge in [-0.25, -0.2) is 8.42 Å². The largest absolute Gasteiger partial charge is 0.272 e. The lowest BCUT2D eigenvalue weighted by Gasteiger charge is -2.23. The average Bonchev–Trinajstić information content (AvgIpc) is 2.69. The molecule has 138 valence electrons. The molecular formula is C21H18BrNO3S. The second kappa shape index (κ2) is 8.06. The number of nitrogens with zero attached hydrogens (tertiary/aromatic N) is 1. The standard InChI is InChI=1S/C21H18BrNO3S/c1-2-16-11-13-19(14-12-16)23(21(24)17-7-6-8-18(22)15-17)27(25,26)20-9-4-3-5-10-20/h3-15H,2H2,1H3. The highest BCUT2D eigenvalue weighted by molar-refractivity contribution is 9.10. The van der Waals surface area contributed by atoms with E-state index in [1.165, 1.54) is 12.1 Å². The highest BCUT2D eigenvalue weighted by Crippen LogP contribution is 2.27. The summed E-state index contributed by atoms with van der Waals surface area (Å²) < 4.78 is 28.1. The van der Waals surface area contributed by atoms with Crippen molar-refractivity contribution >= 4 is 37.5 Å². The third-order valence-corrected chi connectivity index (χ3v) is 6.34. The van der Waals surface area contributed by atoms with Crippen LogP contribution in [0.5, 0.6) is 0 Å². The molecule has 0 aromatic heterocycles. The van der Waals surface area contributed by atoms with Crippen molar-refractivity contribution in [3.05, 3.63) is 94.5 Å². The maximum Gasteiger partial charge on any atom is 0.272 e. The second-order valence-corrected chi connectivity index (χ2v) is 8.62. The number of carbonyl (C=O) groups is 1. The van der Waals surface area contributed by atoms with Crippen LogP contribution in [-0.2, 0) is 16.4 Å². The van der Waals surface area contributed by atoms with E-state index in [0.29, 0.717) is 10.2 Å². The molecular weight excluding hydrogens is 426 g/mol. The Morgan fingerprint density at radius 2 is 1.59 bits per heavy atom. The first kappa shape index (κ1) is 19.3. The zero-order chi connectivity index (χ0) is 19.4. The van der Waals surface area contributed by atoms with Crippen molar-refractivity contribution in [1.29, 1.82) is 0 Å². The molecule has 0 aliphatic heterocycles. The summed E-state index contributed by atoms with van der Waals surface area (Å²) in [6.07, 6.45) is 0.825. The lowest BCUT2D eigenvalue weighted by atomic mass is 10.1. The minimum absolute atomic E-state index is 0.0629. The van der Waals surface area contributed by atoms with Gasteiger partial charge in [-0.2, -0.15) is 4.31 Å². The van der Waals surface area contributed by atoms with E-state index in [2.05, 4.69) is 15.9 Å². The van der Waals surface area contributed by atoms with E-state index in [1.807, 2.05) is 19.1 Å². The molecule has 4 nitrogen and oxygen atoms in total. The van der Waals surface area contributed by atoms with Crippen molar-refractivity contribution < 1.29 is 13.2 Å². The van der Waals surface area contributed by atoms with Crippen LogP contribution in [0.3, 0.4) is 0 Å². The Bertz CT molecular complexity index is 1050. The number of aryl methyl sites for hydroxylation is 1. The summed E-state index contributed by atoms with van der Waals surface area (Å²) in [7, 11) is -4.07. The van der Waals surface area contributed by atoms with Crippen LogP contribution in [0.15, 0.2) is 88.2 Å². The van der Waals surface area contributed by atoms with Gasteiger partial charge in [-0.15, -0.1) is 0 Å². The molecule has 0 radical (unpaired) electrons. The van der Waals surface area contributed by atoms with Crippen LogP contribution in [0.4, 0.5) is 5.69 Å². The van der Waals surface area contributed by atoms with Crippen molar-refractivity contribution in [2.24, 2.45) is 0 Å². The number of carbonyl (C=O) groups excluding carboxylic acids is 1. The Hall–Kier alpha value is -2.44. The Labute approximate surface area is 167 Å². The fraction of sp³-hybridized carbons (Fsp3) is 0.0952. The summed E-state index contributed by atoms with van der Waals surface area (Å²) in [6.45, 7) is 2.01. The van der Waals surface area contributed by atoms with Gasteiger partial charge < -0.3 is 0 Å². The van der Waals surface area contributed by atoms with E-state index in [9.17, 15) is 13.2 Å². The molecule has 3 rings (SSSR count). The van der Waals surface area contributed by atoms with Gasteiger partial charge in [0, 0.05) is 10.0 Å². The molecule has 0 saturated heterocycles. The first-order chi connectivity index (χ1) is 12.9. The number of hydrogen-bond donors (Lipinski definition) is 0. The van der Waals surface area contributed by atoms with Gasteiger partial charge in [0.2, 0.25) is 0 Å². The van der Waals surface area contributed by atoms with Gasteiger partial charge >= 0.3 is 0 Å². The van der Waals surface area contributed by atoms with Crippen LogP contribution in [0, 0.1) is 0 Å². The third kappa shape index (κ3) is 4.12. The molecule has 0 bridgehead atoms. The fourth-order valence-electron chi connectivity index (χ4n) is 2.67. The predicted octanol–water partition coefficient (Wildman–Crippen LogP) is 5.05. The highest BCUT2D eigenvalue weighted by Gasteiger charge is 2.31. The maximum absolute atomic E-state index is 13.3. The van der Waals surface area contributed by atoms with Crippen LogP contribution in [0.2, 0.25) is 0 Å². The molecule has 6 heteroatoms. The number of benzene rings is 3. The van der Waals surface area contributed by atoms with E-state index < -0.39 is 15.9 Å². The van der Waals surface area contributed by atoms with Crippen LogP contribution in [0.25, 0.3) is 0 Å². The van der Waals surface area contributed by atoms with Crippen LogP contribution in [0.1, 0.15) is 22.8 Å². The Balaban J connectivity index is 2.15. The number of amides is 1. The zero-order valence-electron chi connectivity index (χ0n) is 14.7. The minimum Gasteiger partial charge on any atom is -0.268 e. The first-order valence-corrected chi connectivity index (χ1v) is 10.7. The minimum atomic E-state index is -4.07. The molecule has 0 fully saturated rings. The van der Waals surface area contributed by atoms with Crippen molar-refractivity contribution in [2.45, 2.75) is 18.2 Å². The van der Waals surface area contributed by atoms with E-state index in [0.717, 1.165) is 16.3 Å². The number of hydrogen-bond acceptors (Lipinski definition) is 3. The van der Waals surface area contributed by atoms with Gasteiger partial charge in [0.15, 0.2) is 0 Å². The molecule has 0 atom stereocenters. The van der Waals surface area contributed by atoms with E-state index >= 15 is 0 Å². The molecule has 0 saturated carbocycles. The van der Waals surface area contributed by atoms with Gasteiger partial charge in [-0.3, -0.25) is 4.79 Å². The molecule has 0 aliphatic rings. The van der Waals surface area contributed by atoms with E-state index in [1.54, 1.807) is 54.6 Å². The molecule has 0 unspecified atom stereocenters. The fourth-order valence-corrected chi connectivity index (χ4v) is 4.50. The van der Waals surface area contributed by atoms with Gasteiger partial charge in [0.1, 0.15) is 0 Å². The second-order valence-electron chi connectivity index (χ2n) is 5.92. The highest BCUT2D eigenvalue weighted by atomic mass is 79.9. The first-order valence-electron chi connectivity index (χ1n) is 8.42. The van der Waals surface area contributed by atoms with Crippen LogP contribution < -0.4 is 4.31 Å². The summed E-state index contributed by atoms with van der Waals surface area (Å²) in [5, 5.41) is 0. The molecule has 3 aromatic carbocycles. The van der Waals surface area contributed by atoms with Crippen molar-refractivity contribution in [3.8, 4) is 0 Å². The van der Waals surface area contributed by atoms with Gasteiger partial charge in [-0.1, -0.05) is 59.3 Å². The summed E-state index contributed by atoms with van der Waals surface area (Å²) >= 11 is 3.33. The van der Waals surface area contributed by atoms with Crippen molar-refractivity contribution in [2.75, 3.05) is 4.31 Å². The zero-order valence-corrected chi connectivity index (χ0v) is 17.1. The summed E-state index contributed by atoms with van der Waals surface area (Å²) in [4.78, 5) is 13.3. The number of sulfonamides is 1. The number of anilines is 1. The lowest BCUT2D eigenvalue weighted by Crippen LogP contribution is -2.37. The van der Waals surface area contributed by atoms with Crippen LogP contribution in [-0.4, -0.2) is 14.3 Å². The molecule has 0 spiro atoms. The van der Waals surface area contributed by atoms with Gasteiger partial charge in [0.25, 0.3) is 15.9 Å². The number of rotatable bonds is 5. The average molecular weight is 444 g/mol. The maximum atomic E-state index is 13.3. The SMILES string of the molecule is CCc1ccc(N(C(=O)c2cccc(Br)c2)S(=O)(=O)c2ccccc2)cc1. The molecule has 0 aliphatic carbocycles. The third-order valence-electron chi connectivity index (χ3n) is 4.12. The molecule has 1 amide bonds. The molecule has 27 heavy (non-hydrogen) atoms. The normalized spacial score (nSPS) is 11.2. The summed E-state index contributed by atoms with van der Waals surface area (Å²) in [5.41, 5.74) is 1.65. The van der Waals surface area contributed by atoms with Gasteiger partial charge in [-0.05, 0) is 54.4 Å². The topological polar surface area (TPSA) is 54.5 Å². The summed E-state index contributed by atoms with van der Waals surface area (Å²) in [6, 6.07) is 21.6. The molecule has 0 N–H and O–H groups in total. The molecule has 0 heterocycles. The molecule has 3 aromatic rings. The lowest BCUT2D eigenvalue weighted by molar-refractivity contribution is 0.101. The van der Waals surface area contributed by atoms with E-state index in [4.69, 9.17) is 0 Å². The Kier molecular flexibility index (Phi) is 5.77. The monoisotopic (exact) mass is 443 g/mol. The van der Waals surface area contributed by atoms with Crippen molar-refractivity contribution in [1.82, 2.24) is 0 Å². The predicted molar refractivity (Wildman–Crippen MR) is 110 cm³/mol. The van der Waals surface area contributed by atoms with Gasteiger partial charge in [0.05, 0.1) is 10.6 Å². The van der Waals surface area contributed by atoms with E-state index in [-0.39, 0.29) is 10.5 Å². The van der Waals surface area contributed by atoms with Crippen molar-refractivity contribution in [3.63, 3.8) is 0 Å². The smallest absolute Gasteiger partial charge is 0.268 e. The summed E-state index contributed by atoms with van der Waals surface area (Å²) in [5.74, 6) is -0.607. The quantitative estimate of drug-likeness (QED) is 0.554. The van der Waals surface area contributed by atoms with Crippen LogP contribution >= 0.6 is 15.9 Å².